The minimum atomic E-state index is 0.667. The lowest BCUT2D eigenvalue weighted by molar-refractivity contribution is 0.552. The maximum Gasteiger partial charge on any atom is 0.185 e. The molecule has 0 saturated heterocycles. The fourth-order valence-electron chi connectivity index (χ4n) is 2.12. The number of hydrogen-bond donors (Lipinski definition) is 1. The smallest absolute Gasteiger partial charge is 0.185 e. The molecule has 0 aliphatic heterocycles. The van der Waals surface area contributed by atoms with Crippen LogP contribution in [0.1, 0.15) is 46.4 Å². The van der Waals surface area contributed by atoms with Gasteiger partial charge in [0, 0.05) is 30.7 Å². The Labute approximate surface area is 128 Å². The van der Waals surface area contributed by atoms with Crippen molar-refractivity contribution in [2.45, 2.75) is 48.1 Å². The highest BCUT2D eigenvalue weighted by Gasteiger charge is 2.14. The van der Waals surface area contributed by atoms with E-state index in [0.717, 1.165) is 26.2 Å². The second-order valence-electron chi connectivity index (χ2n) is 6.83. The van der Waals surface area contributed by atoms with Crippen LogP contribution in [0.3, 0.4) is 0 Å². The third kappa shape index (κ3) is 6.71. The Morgan fingerprint density at radius 1 is 1.05 bits per heavy atom. The number of nitrogens with one attached hydrogen (secondary N) is 1. The Hall–Kier alpha value is -0.610. The van der Waals surface area contributed by atoms with Crippen molar-refractivity contribution < 1.29 is 0 Å². The van der Waals surface area contributed by atoms with E-state index in [4.69, 9.17) is 0 Å². The topological polar surface area (TPSA) is 28.2 Å². The van der Waals surface area contributed by atoms with Crippen molar-refractivity contribution >= 4 is 16.5 Å². The normalized spacial score (nSPS) is 11.8. The predicted molar refractivity (Wildman–Crippen MR) is 90.5 cm³/mol. The first-order valence-corrected chi connectivity index (χ1v) is 8.60. The van der Waals surface area contributed by atoms with Crippen LogP contribution in [-0.4, -0.2) is 24.6 Å². The number of anilines is 1. The van der Waals surface area contributed by atoms with Gasteiger partial charge >= 0.3 is 0 Å². The molecule has 116 valence electrons. The quantitative estimate of drug-likeness (QED) is 0.746. The van der Waals surface area contributed by atoms with Gasteiger partial charge in [-0.15, -0.1) is 11.3 Å². The first-order chi connectivity index (χ1) is 9.38. The average molecular weight is 298 g/mol. The van der Waals surface area contributed by atoms with Gasteiger partial charge in [-0.05, 0) is 24.3 Å². The van der Waals surface area contributed by atoms with E-state index in [2.05, 4.69) is 56.7 Å². The minimum absolute atomic E-state index is 0.667. The van der Waals surface area contributed by atoms with Gasteiger partial charge in [-0.1, -0.05) is 41.5 Å². The first-order valence-electron chi connectivity index (χ1n) is 7.78. The van der Waals surface area contributed by atoms with Crippen LogP contribution in [0.15, 0.2) is 6.20 Å². The Morgan fingerprint density at radius 3 is 2.15 bits per heavy atom. The van der Waals surface area contributed by atoms with Crippen molar-refractivity contribution in [2.24, 2.45) is 17.8 Å². The van der Waals surface area contributed by atoms with Crippen molar-refractivity contribution in [3.63, 3.8) is 0 Å². The molecule has 0 aliphatic rings. The molecule has 0 radical (unpaired) electrons. The summed E-state index contributed by atoms with van der Waals surface area (Å²) >= 11 is 1.83. The number of rotatable bonds is 9. The van der Waals surface area contributed by atoms with Crippen LogP contribution in [0.4, 0.5) is 5.13 Å². The highest BCUT2D eigenvalue weighted by Crippen LogP contribution is 2.24. The van der Waals surface area contributed by atoms with Crippen LogP contribution >= 0.6 is 11.3 Å². The van der Waals surface area contributed by atoms with Gasteiger partial charge in [-0.3, -0.25) is 0 Å². The van der Waals surface area contributed by atoms with Crippen molar-refractivity contribution in [1.29, 1.82) is 0 Å². The van der Waals surface area contributed by atoms with E-state index in [1.54, 1.807) is 0 Å². The summed E-state index contributed by atoms with van der Waals surface area (Å²) in [6.07, 6.45) is 2.03. The van der Waals surface area contributed by atoms with Gasteiger partial charge in [0.2, 0.25) is 0 Å². The molecule has 0 atom stereocenters. The van der Waals surface area contributed by atoms with Crippen molar-refractivity contribution in [1.82, 2.24) is 10.3 Å². The monoisotopic (exact) mass is 297 g/mol. The molecule has 0 unspecified atom stereocenters. The van der Waals surface area contributed by atoms with Crippen LogP contribution in [-0.2, 0) is 6.54 Å². The molecule has 0 fully saturated rings. The van der Waals surface area contributed by atoms with E-state index in [1.807, 2.05) is 17.5 Å². The Kier molecular flexibility index (Phi) is 7.52. The van der Waals surface area contributed by atoms with E-state index >= 15 is 0 Å². The molecule has 20 heavy (non-hydrogen) atoms. The highest BCUT2D eigenvalue weighted by atomic mass is 32.1. The number of aromatic nitrogens is 1. The summed E-state index contributed by atoms with van der Waals surface area (Å²) in [7, 11) is 0. The Balaban J connectivity index is 2.60. The zero-order chi connectivity index (χ0) is 15.1. The summed E-state index contributed by atoms with van der Waals surface area (Å²) < 4.78 is 0. The molecule has 0 aromatic carbocycles. The average Bonchev–Trinajstić information content (AvgIpc) is 2.75. The van der Waals surface area contributed by atoms with Gasteiger partial charge in [-0.2, -0.15) is 0 Å². The van der Waals surface area contributed by atoms with Gasteiger partial charge < -0.3 is 10.2 Å². The molecule has 1 aromatic rings. The van der Waals surface area contributed by atoms with Crippen molar-refractivity contribution in [3.05, 3.63) is 11.1 Å². The van der Waals surface area contributed by atoms with E-state index < -0.39 is 0 Å². The molecular weight excluding hydrogens is 266 g/mol. The summed E-state index contributed by atoms with van der Waals surface area (Å²) in [4.78, 5) is 8.39. The lowest BCUT2D eigenvalue weighted by Gasteiger charge is -2.25. The summed E-state index contributed by atoms with van der Waals surface area (Å²) in [6.45, 7) is 17.7. The summed E-state index contributed by atoms with van der Waals surface area (Å²) in [5.41, 5.74) is 0. The van der Waals surface area contributed by atoms with Crippen LogP contribution in [0.25, 0.3) is 0 Å². The molecule has 1 N–H and O–H groups in total. The molecule has 1 rings (SSSR count). The second kappa shape index (κ2) is 8.63. The van der Waals surface area contributed by atoms with Crippen LogP contribution in [0.2, 0.25) is 0 Å². The maximum atomic E-state index is 4.62. The fraction of sp³-hybridized carbons (Fsp3) is 0.812. The maximum absolute atomic E-state index is 4.62. The molecule has 1 heterocycles. The summed E-state index contributed by atoms with van der Waals surface area (Å²) in [5, 5.41) is 4.66. The molecule has 4 heteroatoms. The first kappa shape index (κ1) is 17.4. The molecule has 0 saturated carbocycles. The molecule has 0 spiro atoms. The van der Waals surface area contributed by atoms with Gasteiger partial charge in [0.1, 0.15) is 0 Å². The Morgan fingerprint density at radius 2 is 1.65 bits per heavy atom. The zero-order valence-electron chi connectivity index (χ0n) is 13.9. The third-order valence-electron chi connectivity index (χ3n) is 2.83. The fourth-order valence-corrected chi connectivity index (χ4v) is 3.02. The van der Waals surface area contributed by atoms with Crippen LogP contribution < -0.4 is 10.2 Å². The Bertz CT molecular complexity index is 362. The molecular formula is C16H31N3S. The van der Waals surface area contributed by atoms with Crippen molar-refractivity contribution in [3.8, 4) is 0 Å². The molecule has 0 amide bonds. The molecule has 3 nitrogen and oxygen atoms in total. The van der Waals surface area contributed by atoms with E-state index in [1.165, 1.54) is 10.0 Å². The second-order valence-corrected chi connectivity index (χ2v) is 7.92. The lowest BCUT2D eigenvalue weighted by atomic mass is 10.1. The highest BCUT2D eigenvalue weighted by molar-refractivity contribution is 7.15. The SMILES string of the molecule is CC(C)CNCc1cnc(N(CC(C)C)CC(C)C)s1. The van der Waals surface area contributed by atoms with Gasteiger partial charge in [0.15, 0.2) is 5.13 Å². The van der Waals surface area contributed by atoms with E-state index in [-0.39, 0.29) is 0 Å². The van der Waals surface area contributed by atoms with Gasteiger partial charge in [-0.25, -0.2) is 4.98 Å². The van der Waals surface area contributed by atoms with E-state index in [9.17, 15) is 0 Å². The lowest BCUT2D eigenvalue weighted by Crippen LogP contribution is -2.31. The number of hydrogen-bond acceptors (Lipinski definition) is 4. The molecule has 0 bridgehead atoms. The van der Waals surface area contributed by atoms with E-state index in [0.29, 0.717) is 17.8 Å². The van der Waals surface area contributed by atoms with Gasteiger partial charge in [0.05, 0.1) is 0 Å². The zero-order valence-corrected chi connectivity index (χ0v) is 14.8. The predicted octanol–water partition coefficient (Wildman–Crippen LogP) is 4.01. The van der Waals surface area contributed by atoms with Crippen molar-refractivity contribution in [2.75, 3.05) is 24.5 Å². The number of nitrogens with zero attached hydrogens (tertiary/aromatic N) is 2. The number of thiazole rings is 1. The van der Waals surface area contributed by atoms with Crippen LogP contribution in [0.5, 0.6) is 0 Å². The van der Waals surface area contributed by atoms with Crippen LogP contribution in [0, 0.1) is 17.8 Å². The van der Waals surface area contributed by atoms with Gasteiger partial charge in [0.25, 0.3) is 0 Å². The largest absolute Gasteiger partial charge is 0.348 e. The standard InChI is InChI=1S/C16H31N3S/c1-12(2)7-17-8-15-9-18-16(20-15)19(10-13(3)4)11-14(5)6/h9,12-14,17H,7-8,10-11H2,1-6H3. The third-order valence-corrected chi connectivity index (χ3v) is 3.89. The summed E-state index contributed by atoms with van der Waals surface area (Å²) in [6, 6.07) is 0. The summed E-state index contributed by atoms with van der Waals surface area (Å²) in [5.74, 6) is 2.03. The minimum Gasteiger partial charge on any atom is -0.348 e. The molecule has 0 aliphatic carbocycles. The molecule has 1 aromatic heterocycles.